The van der Waals surface area contributed by atoms with Crippen LogP contribution in [0.4, 0.5) is 0 Å². The average Bonchev–Trinajstić information content (AvgIpc) is 2.62. The van der Waals surface area contributed by atoms with Gasteiger partial charge in [0.25, 0.3) is 5.91 Å². The molecule has 0 aliphatic carbocycles. The maximum Gasteiger partial charge on any atom is 0.258 e. The Labute approximate surface area is 171 Å². The molecule has 0 radical (unpaired) electrons. The normalized spacial score (nSPS) is 10.3. The lowest BCUT2D eigenvalue weighted by molar-refractivity contribution is -0.118. The fraction of sp³-hybridized carbons (Fsp3) is 0.158. The number of carbonyl (C=O) groups excluding carboxylic acids is 1. The standard InChI is InChI=1S/C19H16Cl2N2OS2/c1-12-3-7-14(8-4-12)25-19(16(11-22)23-18(24)17(20)21)26-15-9-5-13(2)6-10-15/h3-10,17H,1-2H3,(H,23,24). The third-order valence-electron chi connectivity index (χ3n) is 3.23. The maximum absolute atomic E-state index is 11.8. The Hall–Kier alpha value is -1.58. The SMILES string of the molecule is Cc1ccc(SC(Sc2ccc(C)cc2)=C(C#N)NC(=O)C(Cl)Cl)cc1. The molecule has 26 heavy (non-hydrogen) atoms. The molecule has 0 aliphatic heterocycles. The van der Waals surface area contributed by atoms with Crippen molar-refractivity contribution < 1.29 is 4.79 Å². The Balaban J connectivity index is 2.36. The van der Waals surface area contributed by atoms with Crippen LogP contribution in [0, 0.1) is 25.2 Å². The third-order valence-corrected chi connectivity index (χ3v) is 5.92. The van der Waals surface area contributed by atoms with E-state index in [1.807, 2.05) is 68.4 Å². The molecule has 2 rings (SSSR count). The number of carbonyl (C=O) groups is 1. The van der Waals surface area contributed by atoms with Crippen LogP contribution in [0.5, 0.6) is 0 Å². The van der Waals surface area contributed by atoms with Gasteiger partial charge in [-0.05, 0) is 38.1 Å². The quantitative estimate of drug-likeness (QED) is 0.362. The number of alkyl halides is 2. The van der Waals surface area contributed by atoms with Crippen LogP contribution in [0.2, 0.25) is 0 Å². The Morgan fingerprint density at radius 1 is 0.962 bits per heavy atom. The number of halogens is 2. The van der Waals surface area contributed by atoms with Crippen LogP contribution in [0.1, 0.15) is 11.1 Å². The molecule has 0 atom stereocenters. The average molecular weight is 423 g/mol. The molecule has 134 valence electrons. The Bertz CT molecular complexity index is 792. The zero-order valence-corrected chi connectivity index (χ0v) is 17.3. The first kappa shape index (κ1) is 20.7. The highest BCUT2D eigenvalue weighted by Crippen LogP contribution is 2.40. The number of aryl methyl sites for hydroxylation is 2. The van der Waals surface area contributed by atoms with Crippen LogP contribution >= 0.6 is 46.7 Å². The van der Waals surface area contributed by atoms with Crippen molar-refractivity contribution in [2.24, 2.45) is 0 Å². The van der Waals surface area contributed by atoms with Gasteiger partial charge in [-0.2, -0.15) is 5.26 Å². The molecule has 0 aromatic heterocycles. The van der Waals surface area contributed by atoms with Crippen LogP contribution in [-0.2, 0) is 4.79 Å². The smallest absolute Gasteiger partial charge is 0.258 e. The van der Waals surface area contributed by atoms with Gasteiger partial charge in [-0.15, -0.1) is 0 Å². The van der Waals surface area contributed by atoms with Crippen molar-refractivity contribution in [1.29, 1.82) is 5.26 Å². The predicted molar refractivity (Wildman–Crippen MR) is 110 cm³/mol. The van der Waals surface area contributed by atoms with Gasteiger partial charge < -0.3 is 5.32 Å². The fourth-order valence-corrected chi connectivity index (χ4v) is 4.08. The molecule has 0 aliphatic rings. The molecule has 2 aromatic rings. The van der Waals surface area contributed by atoms with E-state index in [1.165, 1.54) is 23.5 Å². The minimum atomic E-state index is -1.24. The zero-order valence-electron chi connectivity index (χ0n) is 14.1. The minimum Gasteiger partial charge on any atom is -0.314 e. The lowest BCUT2D eigenvalue weighted by Crippen LogP contribution is -2.27. The predicted octanol–water partition coefficient (Wildman–Crippen LogP) is 5.80. The molecular formula is C19H16Cl2N2OS2. The monoisotopic (exact) mass is 422 g/mol. The summed E-state index contributed by atoms with van der Waals surface area (Å²) in [4.78, 5) is 12.5. The van der Waals surface area contributed by atoms with E-state index >= 15 is 0 Å². The summed E-state index contributed by atoms with van der Waals surface area (Å²) in [6, 6.07) is 17.9. The summed E-state index contributed by atoms with van der Waals surface area (Å²) in [7, 11) is 0. The number of amides is 1. The molecule has 0 saturated carbocycles. The maximum atomic E-state index is 11.8. The Morgan fingerprint density at radius 3 is 1.73 bits per heavy atom. The van der Waals surface area contributed by atoms with Gasteiger partial charge in [0.2, 0.25) is 0 Å². The van der Waals surface area contributed by atoms with Crippen LogP contribution in [0.3, 0.4) is 0 Å². The molecule has 3 nitrogen and oxygen atoms in total. The second-order valence-corrected chi connectivity index (χ2v) is 8.92. The summed E-state index contributed by atoms with van der Waals surface area (Å²) in [5.74, 6) is -0.628. The molecule has 0 heterocycles. The summed E-state index contributed by atoms with van der Waals surface area (Å²) in [6.07, 6.45) is 0. The molecule has 0 spiro atoms. The van der Waals surface area contributed by atoms with Gasteiger partial charge in [0.05, 0.1) is 4.24 Å². The highest BCUT2D eigenvalue weighted by atomic mass is 35.5. The highest BCUT2D eigenvalue weighted by molar-refractivity contribution is 8.22. The molecular weight excluding hydrogens is 407 g/mol. The van der Waals surface area contributed by atoms with E-state index in [2.05, 4.69) is 5.32 Å². The second kappa shape index (κ2) is 9.94. The summed E-state index contributed by atoms with van der Waals surface area (Å²) in [6.45, 7) is 4.02. The molecule has 1 amide bonds. The van der Waals surface area contributed by atoms with Crippen molar-refractivity contribution in [3.05, 3.63) is 69.6 Å². The number of nitriles is 1. The van der Waals surface area contributed by atoms with Gasteiger partial charge in [0, 0.05) is 9.79 Å². The lowest BCUT2D eigenvalue weighted by Gasteiger charge is -2.12. The summed E-state index contributed by atoms with van der Waals surface area (Å²) in [5.41, 5.74) is 2.41. The van der Waals surface area contributed by atoms with Crippen molar-refractivity contribution in [2.45, 2.75) is 28.5 Å². The number of nitrogens with one attached hydrogen (secondary N) is 1. The van der Waals surface area contributed by atoms with Crippen LogP contribution in [0.15, 0.2) is 68.3 Å². The van der Waals surface area contributed by atoms with Crippen molar-refractivity contribution >= 4 is 52.6 Å². The molecule has 0 saturated heterocycles. The largest absolute Gasteiger partial charge is 0.314 e. The highest BCUT2D eigenvalue weighted by Gasteiger charge is 2.17. The van der Waals surface area contributed by atoms with Crippen molar-refractivity contribution in [1.82, 2.24) is 5.32 Å². The van der Waals surface area contributed by atoms with Gasteiger partial charge in [-0.3, -0.25) is 4.79 Å². The van der Waals surface area contributed by atoms with Gasteiger partial charge in [0.15, 0.2) is 4.84 Å². The van der Waals surface area contributed by atoms with E-state index in [0.29, 0.717) is 4.24 Å². The van der Waals surface area contributed by atoms with E-state index in [-0.39, 0.29) is 5.70 Å². The number of allylic oxidation sites excluding steroid dienone is 1. The first-order chi connectivity index (χ1) is 12.4. The van der Waals surface area contributed by atoms with E-state index in [9.17, 15) is 10.1 Å². The lowest BCUT2D eigenvalue weighted by atomic mass is 10.2. The van der Waals surface area contributed by atoms with E-state index < -0.39 is 10.7 Å². The number of rotatable bonds is 6. The number of thioether (sulfide) groups is 2. The second-order valence-electron chi connectivity index (χ2n) is 5.39. The number of nitrogens with zero attached hydrogens (tertiary/aromatic N) is 1. The summed E-state index contributed by atoms with van der Waals surface area (Å²) >= 11 is 14.0. The van der Waals surface area contributed by atoms with Crippen molar-refractivity contribution in [3.63, 3.8) is 0 Å². The number of hydrogen-bond donors (Lipinski definition) is 1. The van der Waals surface area contributed by atoms with E-state index in [4.69, 9.17) is 23.2 Å². The Morgan fingerprint density at radius 2 is 1.38 bits per heavy atom. The first-order valence-corrected chi connectivity index (χ1v) is 10.1. The first-order valence-electron chi connectivity index (χ1n) is 7.61. The summed E-state index contributed by atoms with van der Waals surface area (Å²) in [5, 5.41) is 12.0. The van der Waals surface area contributed by atoms with E-state index in [0.717, 1.165) is 20.9 Å². The minimum absolute atomic E-state index is 0.123. The zero-order chi connectivity index (χ0) is 19.1. The van der Waals surface area contributed by atoms with Gasteiger partial charge in [-0.25, -0.2) is 0 Å². The van der Waals surface area contributed by atoms with Crippen LogP contribution in [0.25, 0.3) is 0 Å². The molecule has 0 fully saturated rings. The molecule has 1 N–H and O–H groups in total. The van der Waals surface area contributed by atoms with Gasteiger partial charge in [-0.1, -0.05) is 82.1 Å². The van der Waals surface area contributed by atoms with E-state index in [1.54, 1.807) is 0 Å². The van der Waals surface area contributed by atoms with Crippen molar-refractivity contribution in [2.75, 3.05) is 0 Å². The van der Waals surface area contributed by atoms with Gasteiger partial charge >= 0.3 is 0 Å². The molecule has 0 bridgehead atoms. The fourth-order valence-electron chi connectivity index (χ4n) is 1.85. The number of hydrogen-bond acceptors (Lipinski definition) is 4. The van der Waals surface area contributed by atoms with Crippen LogP contribution in [-0.4, -0.2) is 10.7 Å². The van der Waals surface area contributed by atoms with Gasteiger partial charge in [0.1, 0.15) is 11.8 Å². The Kier molecular flexibility index (Phi) is 7.92. The van der Waals surface area contributed by atoms with Crippen LogP contribution < -0.4 is 5.32 Å². The number of benzene rings is 2. The van der Waals surface area contributed by atoms with Crippen molar-refractivity contribution in [3.8, 4) is 6.07 Å². The molecule has 2 aromatic carbocycles. The third kappa shape index (κ3) is 6.30. The summed E-state index contributed by atoms with van der Waals surface area (Å²) < 4.78 is 0.641. The molecule has 0 unspecified atom stereocenters. The topological polar surface area (TPSA) is 52.9 Å². The molecule has 7 heteroatoms.